The van der Waals surface area contributed by atoms with Crippen LogP contribution in [0.15, 0.2) is 60.0 Å². The number of rotatable bonds is 10. The van der Waals surface area contributed by atoms with Crippen molar-refractivity contribution < 1.29 is 20.4 Å². The second kappa shape index (κ2) is 10.8. The molecule has 0 radical (unpaired) electrons. The molecule has 0 unspecified atom stereocenters. The fourth-order valence-electron chi connectivity index (χ4n) is 3.24. The van der Waals surface area contributed by atoms with Gasteiger partial charge in [0.1, 0.15) is 16.9 Å². The van der Waals surface area contributed by atoms with E-state index in [1.54, 1.807) is 0 Å². The van der Waals surface area contributed by atoms with Crippen molar-refractivity contribution in [3.8, 4) is 0 Å². The van der Waals surface area contributed by atoms with Gasteiger partial charge in [-0.2, -0.15) is 0 Å². The van der Waals surface area contributed by atoms with Gasteiger partial charge in [0.2, 0.25) is 0 Å². The van der Waals surface area contributed by atoms with Crippen LogP contribution in [0.25, 0.3) is 12.2 Å². The molecule has 0 aromatic heterocycles. The molecule has 0 saturated carbocycles. The predicted octanol–water partition coefficient (Wildman–Crippen LogP) is 5.06. The fourth-order valence-corrected chi connectivity index (χ4v) is 3.24. The van der Waals surface area contributed by atoms with Gasteiger partial charge in [-0.05, 0) is 47.2 Å². The van der Waals surface area contributed by atoms with Gasteiger partial charge in [-0.1, -0.05) is 75.2 Å². The molecule has 2 rings (SSSR count). The van der Waals surface area contributed by atoms with Gasteiger partial charge in [-0.3, -0.25) is 0 Å². The summed E-state index contributed by atoms with van der Waals surface area (Å²) in [4.78, 5) is 0. The highest BCUT2D eigenvalue weighted by molar-refractivity contribution is 5.58. The van der Waals surface area contributed by atoms with Crippen LogP contribution in [0.1, 0.15) is 48.9 Å². The smallest absolute Gasteiger partial charge is 0.130 e. The van der Waals surface area contributed by atoms with Gasteiger partial charge in [-0.15, -0.1) is 0 Å². The Balaban J connectivity index is 2.32. The summed E-state index contributed by atoms with van der Waals surface area (Å²) in [6.07, 6.45) is 7.00. The minimum atomic E-state index is -1.66. The van der Waals surface area contributed by atoms with Gasteiger partial charge in [0.25, 0.3) is 0 Å². The second-order valence-corrected chi connectivity index (χ2v) is 7.44. The monoisotopic (exact) mass is 396 g/mol. The van der Waals surface area contributed by atoms with Crippen molar-refractivity contribution in [3.63, 3.8) is 0 Å². The quantitative estimate of drug-likeness (QED) is 0.423. The van der Waals surface area contributed by atoms with Crippen LogP contribution in [0.2, 0.25) is 0 Å². The highest BCUT2D eigenvalue weighted by Gasteiger charge is 2.38. The van der Waals surface area contributed by atoms with Gasteiger partial charge in [0, 0.05) is 0 Å². The molecule has 0 heterocycles. The van der Waals surface area contributed by atoms with Crippen molar-refractivity contribution in [1.82, 2.24) is 0 Å². The average Bonchev–Trinajstić information content (AvgIpc) is 2.73. The van der Waals surface area contributed by atoms with E-state index in [4.69, 9.17) is 0 Å². The Morgan fingerprint density at radius 1 is 0.690 bits per heavy atom. The van der Waals surface area contributed by atoms with E-state index >= 15 is 0 Å². The van der Waals surface area contributed by atoms with E-state index in [1.807, 2.05) is 48.5 Å². The first-order chi connectivity index (χ1) is 14.0. The van der Waals surface area contributed by atoms with Crippen molar-refractivity contribution in [3.05, 3.63) is 82.3 Å². The van der Waals surface area contributed by atoms with E-state index in [1.165, 1.54) is 23.3 Å². The molecule has 156 valence electrons. The number of aliphatic hydroxyl groups excluding tert-OH is 4. The zero-order valence-corrected chi connectivity index (χ0v) is 17.3. The summed E-state index contributed by atoms with van der Waals surface area (Å²) in [6.45, 7) is 2.97. The lowest BCUT2D eigenvalue weighted by molar-refractivity contribution is 0.0487. The fraction of sp³-hybridized carbons (Fsp3) is 0.360. The minimum Gasteiger partial charge on any atom is -0.511 e. The second-order valence-electron chi connectivity index (χ2n) is 7.44. The molecular weight excluding hydrogens is 364 g/mol. The Morgan fingerprint density at radius 3 is 1.31 bits per heavy atom. The van der Waals surface area contributed by atoms with Crippen LogP contribution in [0.5, 0.6) is 0 Å². The molecule has 4 heteroatoms. The van der Waals surface area contributed by atoms with E-state index in [-0.39, 0.29) is 11.5 Å². The Labute approximate surface area is 173 Å². The van der Waals surface area contributed by atoms with Crippen LogP contribution in [0.3, 0.4) is 0 Å². The standard InChI is InChI=1S/C25H32O4/c1-3-5-19-7-11-21(12-8-19)15-23(28)25(17-26,18-27)24(29)16-22-13-9-20(6-4-2)10-14-22/h7-16,26-29H,3-6,17-18H2,1-2H3. The highest BCUT2D eigenvalue weighted by Crippen LogP contribution is 2.34. The molecule has 0 saturated heterocycles. The van der Waals surface area contributed by atoms with Gasteiger partial charge >= 0.3 is 0 Å². The maximum Gasteiger partial charge on any atom is 0.130 e. The molecule has 2 aromatic rings. The third-order valence-electron chi connectivity index (χ3n) is 5.16. The Morgan fingerprint density at radius 2 is 1.03 bits per heavy atom. The number of aliphatic hydroxyl groups is 4. The molecule has 0 aliphatic rings. The summed E-state index contributed by atoms with van der Waals surface area (Å²) in [5.41, 5.74) is 2.20. The number of aryl methyl sites for hydroxylation is 2. The number of hydrogen-bond donors (Lipinski definition) is 4. The molecular formula is C25H32O4. The SMILES string of the molecule is CCCc1ccc(C=C(O)C(CO)(CO)C(O)=Cc2ccc(CCC)cc2)cc1. The average molecular weight is 397 g/mol. The Hall–Kier alpha value is -2.56. The van der Waals surface area contributed by atoms with Crippen molar-refractivity contribution in [2.24, 2.45) is 5.41 Å². The van der Waals surface area contributed by atoms with E-state index in [2.05, 4.69) is 13.8 Å². The minimum absolute atomic E-state index is 0.290. The molecule has 0 fully saturated rings. The van der Waals surface area contributed by atoms with E-state index in [0.29, 0.717) is 0 Å². The summed E-state index contributed by atoms with van der Waals surface area (Å²) in [7, 11) is 0. The lowest BCUT2D eigenvalue weighted by Gasteiger charge is -2.28. The molecule has 0 atom stereocenters. The summed E-state index contributed by atoms with van der Waals surface area (Å²) in [5, 5.41) is 41.3. The zero-order valence-electron chi connectivity index (χ0n) is 17.3. The van der Waals surface area contributed by atoms with Crippen molar-refractivity contribution in [1.29, 1.82) is 0 Å². The van der Waals surface area contributed by atoms with Crippen molar-refractivity contribution in [2.45, 2.75) is 39.5 Å². The summed E-state index contributed by atoms with van der Waals surface area (Å²) >= 11 is 0. The Kier molecular flexibility index (Phi) is 8.50. The van der Waals surface area contributed by atoms with Crippen LogP contribution in [-0.2, 0) is 12.8 Å². The summed E-state index contributed by atoms with van der Waals surface area (Å²) in [6, 6.07) is 15.4. The van der Waals surface area contributed by atoms with Crippen LogP contribution in [-0.4, -0.2) is 33.6 Å². The topological polar surface area (TPSA) is 80.9 Å². The van der Waals surface area contributed by atoms with Crippen molar-refractivity contribution >= 4 is 12.2 Å². The molecule has 0 bridgehead atoms. The largest absolute Gasteiger partial charge is 0.511 e. The van der Waals surface area contributed by atoms with E-state index < -0.39 is 18.6 Å². The van der Waals surface area contributed by atoms with Gasteiger partial charge in [-0.25, -0.2) is 0 Å². The highest BCUT2D eigenvalue weighted by atomic mass is 16.3. The summed E-state index contributed by atoms with van der Waals surface area (Å²) < 4.78 is 0. The zero-order chi connectivity index (χ0) is 21.3. The normalized spacial score (nSPS) is 13.0. The first kappa shape index (κ1) is 22.7. The van der Waals surface area contributed by atoms with E-state index in [9.17, 15) is 20.4 Å². The Bertz CT molecular complexity index is 745. The van der Waals surface area contributed by atoms with Gasteiger partial charge in [0.15, 0.2) is 0 Å². The molecule has 29 heavy (non-hydrogen) atoms. The third-order valence-corrected chi connectivity index (χ3v) is 5.16. The van der Waals surface area contributed by atoms with Gasteiger partial charge < -0.3 is 20.4 Å². The maximum atomic E-state index is 10.7. The van der Waals surface area contributed by atoms with Crippen LogP contribution >= 0.6 is 0 Å². The maximum absolute atomic E-state index is 10.7. The third kappa shape index (κ3) is 5.72. The first-order valence-corrected chi connectivity index (χ1v) is 10.2. The molecule has 4 nitrogen and oxygen atoms in total. The summed E-state index contributed by atoms with van der Waals surface area (Å²) in [5.74, 6) is -0.579. The van der Waals surface area contributed by atoms with Crippen LogP contribution in [0, 0.1) is 5.41 Å². The molecule has 2 aromatic carbocycles. The molecule has 0 aliphatic heterocycles. The molecule has 0 aliphatic carbocycles. The lowest BCUT2D eigenvalue weighted by Crippen LogP contribution is -2.34. The first-order valence-electron chi connectivity index (χ1n) is 10.2. The predicted molar refractivity (Wildman–Crippen MR) is 119 cm³/mol. The van der Waals surface area contributed by atoms with Crippen molar-refractivity contribution in [2.75, 3.05) is 13.2 Å². The van der Waals surface area contributed by atoms with Gasteiger partial charge in [0.05, 0.1) is 13.2 Å². The van der Waals surface area contributed by atoms with E-state index in [0.717, 1.165) is 36.8 Å². The molecule has 0 amide bonds. The van der Waals surface area contributed by atoms with Crippen LogP contribution in [0.4, 0.5) is 0 Å². The number of benzene rings is 2. The number of hydrogen-bond acceptors (Lipinski definition) is 4. The van der Waals surface area contributed by atoms with Crippen LogP contribution < -0.4 is 0 Å². The lowest BCUT2D eigenvalue weighted by atomic mass is 9.83. The molecule has 4 N–H and O–H groups in total. The molecule has 0 spiro atoms.